The Morgan fingerprint density at radius 2 is 0.643 bits per heavy atom. The van der Waals surface area contributed by atoms with Crippen molar-refractivity contribution in [3.05, 3.63) is 213 Å². The van der Waals surface area contributed by atoms with Gasteiger partial charge in [0.25, 0.3) is 0 Å². The summed E-state index contributed by atoms with van der Waals surface area (Å²) >= 11 is 0. The van der Waals surface area contributed by atoms with Gasteiger partial charge in [-0.05, 0) is 102 Å². The Bertz CT molecular complexity index is 2920. The van der Waals surface area contributed by atoms with E-state index in [0.717, 1.165) is 44.8 Å². The van der Waals surface area contributed by atoms with Gasteiger partial charge >= 0.3 is 0 Å². The maximum Gasteiger partial charge on any atom is 0.160 e. The molecule has 0 saturated heterocycles. The molecular formula is C53H35N3. The van der Waals surface area contributed by atoms with E-state index in [4.69, 9.17) is 9.97 Å². The first-order valence-corrected chi connectivity index (χ1v) is 18.9. The van der Waals surface area contributed by atoms with E-state index in [-0.39, 0.29) is 0 Å². The third-order valence-corrected chi connectivity index (χ3v) is 10.6. The highest BCUT2D eigenvalue weighted by molar-refractivity contribution is 6.21. The molecule has 2 aromatic heterocycles. The lowest BCUT2D eigenvalue weighted by Gasteiger charge is -2.19. The summed E-state index contributed by atoms with van der Waals surface area (Å²) in [5.74, 6) is 0.684. The van der Waals surface area contributed by atoms with Crippen LogP contribution in [0.4, 0.5) is 0 Å². The number of aromatic nitrogens is 3. The van der Waals surface area contributed by atoms with E-state index >= 15 is 0 Å². The van der Waals surface area contributed by atoms with Crippen LogP contribution in [0.25, 0.3) is 100.0 Å². The molecule has 262 valence electrons. The van der Waals surface area contributed by atoms with Gasteiger partial charge in [-0.2, -0.15) is 0 Å². The van der Waals surface area contributed by atoms with E-state index in [2.05, 4.69) is 181 Å². The molecule has 0 bridgehead atoms. The predicted molar refractivity (Wildman–Crippen MR) is 233 cm³/mol. The first-order valence-electron chi connectivity index (χ1n) is 18.9. The topological polar surface area (TPSA) is 38.7 Å². The standard InChI is InChI=1S/C53H35N3/c1-4-14-36(15-5-1)37-24-26-39(27-25-37)49-35-50(56-53(55-49)41-18-8-3-9-19-41)43-32-42(38-28-30-54-31-29-38)33-44(34-43)52-47-22-12-10-20-45(47)51(40-16-6-2-7-17-40)46-21-11-13-23-48(46)52/h1-35H. The fourth-order valence-electron chi connectivity index (χ4n) is 7.91. The molecule has 0 amide bonds. The van der Waals surface area contributed by atoms with Gasteiger partial charge < -0.3 is 0 Å². The van der Waals surface area contributed by atoms with Gasteiger partial charge in [0.15, 0.2) is 5.82 Å². The zero-order valence-electron chi connectivity index (χ0n) is 30.5. The van der Waals surface area contributed by atoms with Crippen molar-refractivity contribution in [3.63, 3.8) is 0 Å². The van der Waals surface area contributed by atoms with Crippen LogP contribution in [0.5, 0.6) is 0 Å². The second-order valence-electron chi connectivity index (χ2n) is 14.0. The second kappa shape index (κ2) is 14.4. The molecule has 0 N–H and O–H groups in total. The third kappa shape index (κ3) is 6.21. The van der Waals surface area contributed by atoms with Gasteiger partial charge in [0.1, 0.15) is 0 Å². The van der Waals surface area contributed by atoms with Crippen LogP contribution in [0.15, 0.2) is 213 Å². The first kappa shape index (κ1) is 33.1. The van der Waals surface area contributed by atoms with Crippen LogP contribution in [0, 0.1) is 0 Å². The molecule has 10 rings (SSSR count). The predicted octanol–water partition coefficient (Wildman–Crippen LogP) is 13.8. The number of rotatable bonds is 7. The summed E-state index contributed by atoms with van der Waals surface area (Å²) in [4.78, 5) is 14.8. The molecule has 0 aliphatic rings. The minimum absolute atomic E-state index is 0.684. The Labute approximate surface area is 326 Å². The maximum atomic E-state index is 5.29. The van der Waals surface area contributed by atoms with Gasteiger partial charge in [-0.1, -0.05) is 164 Å². The van der Waals surface area contributed by atoms with E-state index in [1.165, 1.54) is 49.4 Å². The molecule has 2 heterocycles. The molecule has 0 aliphatic carbocycles. The van der Waals surface area contributed by atoms with Crippen LogP contribution in [0.1, 0.15) is 0 Å². The zero-order chi connectivity index (χ0) is 37.3. The summed E-state index contributed by atoms with van der Waals surface area (Å²) in [6, 6.07) is 70.9. The van der Waals surface area contributed by atoms with Crippen molar-refractivity contribution in [2.45, 2.75) is 0 Å². The molecule has 0 unspecified atom stereocenters. The van der Waals surface area contributed by atoms with Crippen LogP contribution in [0.3, 0.4) is 0 Å². The molecular weight excluding hydrogens is 679 g/mol. The average Bonchev–Trinajstić information content (AvgIpc) is 3.29. The minimum atomic E-state index is 0.684. The van der Waals surface area contributed by atoms with Gasteiger partial charge in [-0.15, -0.1) is 0 Å². The van der Waals surface area contributed by atoms with Crippen LogP contribution in [-0.2, 0) is 0 Å². The van der Waals surface area contributed by atoms with Crippen LogP contribution < -0.4 is 0 Å². The van der Waals surface area contributed by atoms with Gasteiger partial charge in [0, 0.05) is 29.1 Å². The molecule has 0 radical (unpaired) electrons. The number of benzene rings is 8. The Morgan fingerprint density at radius 3 is 1.21 bits per heavy atom. The molecule has 0 spiro atoms. The summed E-state index contributed by atoms with van der Waals surface area (Å²) in [5.41, 5.74) is 14.0. The number of hydrogen-bond donors (Lipinski definition) is 0. The second-order valence-corrected chi connectivity index (χ2v) is 14.0. The van der Waals surface area contributed by atoms with Crippen molar-refractivity contribution < 1.29 is 0 Å². The molecule has 10 aromatic rings. The SMILES string of the molecule is c1ccc(-c2ccc(-c3cc(-c4cc(-c5ccncc5)cc(-c5c6ccccc6c(-c6ccccc6)c6ccccc56)c4)nc(-c4ccccc4)n3)cc2)cc1. The average molecular weight is 714 g/mol. The summed E-state index contributed by atoms with van der Waals surface area (Å²) in [6.07, 6.45) is 3.72. The Kier molecular flexibility index (Phi) is 8.51. The van der Waals surface area contributed by atoms with Gasteiger partial charge in [-0.25, -0.2) is 9.97 Å². The minimum Gasteiger partial charge on any atom is -0.265 e. The largest absolute Gasteiger partial charge is 0.265 e. The number of hydrogen-bond acceptors (Lipinski definition) is 3. The van der Waals surface area contributed by atoms with Crippen molar-refractivity contribution in [1.29, 1.82) is 0 Å². The van der Waals surface area contributed by atoms with Gasteiger partial charge in [-0.3, -0.25) is 4.98 Å². The quantitative estimate of drug-likeness (QED) is 0.154. The zero-order valence-corrected chi connectivity index (χ0v) is 30.5. The smallest absolute Gasteiger partial charge is 0.160 e. The molecule has 8 aromatic carbocycles. The van der Waals surface area contributed by atoms with Crippen molar-refractivity contribution in [3.8, 4) is 78.4 Å². The third-order valence-electron chi connectivity index (χ3n) is 10.6. The Balaban J connectivity index is 1.22. The first-order chi connectivity index (χ1) is 27.8. The van der Waals surface area contributed by atoms with Crippen LogP contribution >= 0.6 is 0 Å². The van der Waals surface area contributed by atoms with Crippen LogP contribution in [-0.4, -0.2) is 15.0 Å². The van der Waals surface area contributed by atoms with Gasteiger partial charge in [0.2, 0.25) is 0 Å². The van der Waals surface area contributed by atoms with E-state index in [1.54, 1.807) is 0 Å². The Morgan fingerprint density at radius 1 is 0.250 bits per heavy atom. The fourth-order valence-corrected chi connectivity index (χ4v) is 7.91. The summed E-state index contributed by atoms with van der Waals surface area (Å²) in [6.45, 7) is 0. The molecule has 0 saturated carbocycles. The van der Waals surface area contributed by atoms with E-state index in [1.807, 2.05) is 36.7 Å². The number of nitrogens with zero attached hydrogens (tertiary/aromatic N) is 3. The van der Waals surface area contributed by atoms with Crippen molar-refractivity contribution >= 4 is 21.5 Å². The van der Waals surface area contributed by atoms with E-state index in [9.17, 15) is 0 Å². The van der Waals surface area contributed by atoms with Crippen molar-refractivity contribution in [2.75, 3.05) is 0 Å². The number of fused-ring (bicyclic) bond motifs is 2. The maximum absolute atomic E-state index is 5.29. The molecule has 56 heavy (non-hydrogen) atoms. The molecule has 0 aliphatic heterocycles. The lowest BCUT2D eigenvalue weighted by molar-refractivity contribution is 1.18. The highest BCUT2D eigenvalue weighted by Crippen LogP contribution is 2.45. The molecule has 3 heteroatoms. The highest BCUT2D eigenvalue weighted by atomic mass is 14.9. The molecule has 3 nitrogen and oxygen atoms in total. The van der Waals surface area contributed by atoms with Crippen molar-refractivity contribution in [1.82, 2.24) is 15.0 Å². The lowest BCUT2D eigenvalue weighted by Crippen LogP contribution is -1.97. The number of pyridine rings is 1. The van der Waals surface area contributed by atoms with E-state index < -0.39 is 0 Å². The van der Waals surface area contributed by atoms with E-state index in [0.29, 0.717) is 5.82 Å². The Hall–Kier alpha value is -7.49. The van der Waals surface area contributed by atoms with Gasteiger partial charge in [0.05, 0.1) is 11.4 Å². The summed E-state index contributed by atoms with van der Waals surface area (Å²) < 4.78 is 0. The monoisotopic (exact) mass is 713 g/mol. The molecule has 0 fully saturated rings. The van der Waals surface area contributed by atoms with Crippen molar-refractivity contribution in [2.24, 2.45) is 0 Å². The fraction of sp³-hybridized carbons (Fsp3) is 0. The molecule has 0 atom stereocenters. The van der Waals surface area contributed by atoms with Crippen LogP contribution in [0.2, 0.25) is 0 Å². The summed E-state index contributed by atoms with van der Waals surface area (Å²) in [5, 5.41) is 4.85. The lowest BCUT2D eigenvalue weighted by atomic mass is 9.84. The highest BCUT2D eigenvalue weighted by Gasteiger charge is 2.19. The summed E-state index contributed by atoms with van der Waals surface area (Å²) in [7, 11) is 0. The normalized spacial score (nSPS) is 11.2.